The van der Waals surface area contributed by atoms with Gasteiger partial charge >= 0.3 is 5.63 Å². The maximum absolute atomic E-state index is 12.8. The van der Waals surface area contributed by atoms with E-state index < -0.39 is 5.63 Å². The van der Waals surface area contributed by atoms with Crippen molar-refractivity contribution in [3.05, 3.63) is 63.5 Å². The number of rotatable bonds is 3. The maximum atomic E-state index is 12.8. The predicted molar refractivity (Wildman–Crippen MR) is 105 cm³/mol. The van der Waals surface area contributed by atoms with Crippen LogP contribution in [0.4, 0.5) is 0 Å². The van der Waals surface area contributed by atoms with Crippen molar-refractivity contribution in [2.45, 2.75) is 25.9 Å². The summed E-state index contributed by atoms with van der Waals surface area (Å²) in [5.41, 5.74) is 2.03. The van der Waals surface area contributed by atoms with Gasteiger partial charge in [-0.3, -0.25) is 14.5 Å². The Morgan fingerprint density at radius 1 is 1.10 bits per heavy atom. The Morgan fingerprint density at radius 3 is 2.72 bits per heavy atom. The van der Waals surface area contributed by atoms with E-state index in [9.17, 15) is 14.4 Å². The van der Waals surface area contributed by atoms with Gasteiger partial charge in [-0.25, -0.2) is 9.78 Å². The van der Waals surface area contributed by atoms with Crippen LogP contribution in [0.2, 0.25) is 0 Å². The second-order valence-electron chi connectivity index (χ2n) is 7.39. The number of hydrogen-bond acceptors (Lipinski definition) is 6. The monoisotopic (exact) mass is 390 g/mol. The lowest BCUT2D eigenvalue weighted by atomic mass is 10.1. The zero-order valence-corrected chi connectivity index (χ0v) is 15.8. The summed E-state index contributed by atoms with van der Waals surface area (Å²) < 4.78 is 11.0. The number of carbonyl (C=O) groups is 2. The van der Waals surface area contributed by atoms with Crippen molar-refractivity contribution in [3.63, 3.8) is 0 Å². The average molecular weight is 390 g/mol. The first kappa shape index (κ1) is 17.8. The molecule has 146 valence electrons. The first-order valence-corrected chi connectivity index (χ1v) is 9.55. The summed E-state index contributed by atoms with van der Waals surface area (Å²) in [5.74, 6) is -0.560. The van der Waals surface area contributed by atoms with Crippen molar-refractivity contribution >= 4 is 22.7 Å². The molecule has 3 aromatic rings. The van der Waals surface area contributed by atoms with Crippen LogP contribution in [0.3, 0.4) is 0 Å². The van der Waals surface area contributed by atoms with Crippen LogP contribution in [-0.4, -0.2) is 41.0 Å². The lowest BCUT2D eigenvalue weighted by Crippen LogP contribution is -2.36. The molecule has 1 fully saturated rings. The summed E-state index contributed by atoms with van der Waals surface area (Å²) in [6, 6.07) is 10.1. The van der Waals surface area contributed by atoms with Gasteiger partial charge in [-0.1, -0.05) is 12.1 Å². The van der Waals surface area contributed by atoms with Crippen molar-refractivity contribution in [1.82, 2.24) is 9.88 Å². The minimum absolute atomic E-state index is 0.111. The van der Waals surface area contributed by atoms with E-state index in [2.05, 4.69) is 4.98 Å². The first-order chi connectivity index (χ1) is 14.0. The molecule has 1 atom stereocenters. The largest absolute Gasteiger partial charge is 0.403 e. The first-order valence-electron chi connectivity index (χ1n) is 9.55. The minimum Gasteiger partial charge on any atom is -0.403 e. The molecule has 0 bridgehead atoms. The molecule has 2 aliphatic heterocycles. The van der Waals surface area contributed by atoms with Crippen LogP contribution in [0, 0.1) is 6.92 Å². The second kappa shape index (κ2) is 6.63. The van der Waals surface area contributed by atoms with Gasteiger partial charge < -0.3 is 9.15 Å². The number of para-hydroxylation sites is 1. The quantitative estimate of drug-likeness (QED) is 0.639. The molecule has 2 aromatic carbocycles. The Balaban J connectivity index is 1.54. The van der Waals surface area contributed by atoms with Crippen LogP contribution in [-0.2, 0) is 4.74 Å². The summed E-state index contributed by atoms with van der Waals surface area (Å²) in [7, 11) is 0. The van der Waals surface area contributed by atoms with Crippen LogP contribution in [0.5, 0.6) is 0 Å². The molecule has 0 spiro atoms. The Labute approximate surface area is 165 Å². The standard InChI is InChI=1S/C22H18N2O5/c1-12-4-2-6-16-18(12)23-19(29-22(16)27)13-7-8-15-17(10-13)21(26)24(20(15)25)11-14-5-3-9-28-14/h2,4,6-8,10,14H,3,5,9,11H2,1H3/t14-/m0/s1. The highest BCUT2D eigenvalue weighted by Crippen LogP contribution is 2.29. The van der Waals surface area contributed by atoms with Crippen molar-refractivity contribution in [3.8, 4) is 11.5 Å². The molecular formula is C22H18N2O5. The number of aryl methyl sites for hydroxylation is 1. The molecule has 0 radical (unpaired) electrons. The number of hydrogen-bond donors (Lipinski definition) is 0. The number of carbonyl (C=O) groups excluding carboxylic acids is 2. The molecule has 5 rings (SSSR count). The van der Waals surface area contributed by atoms with Crippen molar-refractivity contribution in [2.24, 2.45) is 0 Å². The lowest BCUT2D eigenvalue weighted by Gasteiger charge is -2.17. The fourth-order valence-corrected chi connectivity index (χ4v) is 3.94. The maximum Gasteiger partial charge on any atom is 0.347 e. The van der Waals surface area contributed by atoms with Gasteiger partial charge in [0.15, 0.2) is 0 Å². The van der Waals surface area contributed by atoms with Crippen LogP contribution in [0.1, 0.15) is 39.1 Å². The van der Waals surface area contributed by atoms with Gasteiger partial charge in [0.05, 0.1) is 34.7 Å². The molecule has 3 heterocycles. The van der Waals surface area contributed by atoms with Crippen LogP contribution in [0.15, 0.2) is 45.6 Å². The highest BCUT2D eigenvalue weighted by Gasteiger charge is 2.37. The van der Waals surface area contributed by atoms with E-state index in [0.29, 0.717) is 34.2 Å². The Hall–Kier alpha value is -3.32. The van der Waals surface area contributed by atoms with Crippen LogP contribution >= 0.6 is 0 Å². The zero-order valence-electron chi connectivity index (χ0n) is 15.8. The number of benzene rings is 2. The molecule has 2 amide bonds. The summed E-state index contributed by atoms with van der Waals surface area (Å²) >= 11 is 0. The normalized spacial score (nSPS) is 18.7. The van der Waals surface area contributed by atoms with Crippen LogP contribution < -0.4 is 5.63 Å². The molecule has 0 unspecified atom stereocenters. The number of nitrogens with zero attached hydrogens (tertiary/aromatic N) is 2. The van der Waals surface area contributed by atoms with Gasteiger partial charge in [-0.05, 0) is 49.6 Å². The molecule has 7 heteroatoms. The highest BCUT2D eigenvalue weighted by molar-refractivity contribution is 6.21. The number of amides is 2. The molecule has 1 saturated heterocycles. The Morgan fingerprint density at radius 2 is 1.93 bits per heavy atom. The summed E-state index contributed by atoms with van der Waals surface area (Å²) in [6.07, 6.45) is 1.66. The molecule has 0 N–H and O–H groups in total. The number of imide groups is 1. The smallest absolute Gasteiger partial charge is 0.347 e. The third kappa shape index (κ3) is 2.86. The van der Waals surface area contributed by atoms with Gasteiger partial charge in [0.25, 0.3) is 11.8 Å². The molecule has 2 aliphatic rings. The third-order valence-corrected chi connectivity index (χ3v) is 5.49. The van der Waals surface area contributed by atoms with Gasteiger partial charge in [-0.15, -0.1) is 0 Å². The van der Waals surface area contributed by atoms with E-state index in [1.54, 1.807) is 30.3 Å². The fourth-order valence-electron chi connectivity index (χ4n) is 3.94. The molecule has 1 aromatic heterocycles. The van der Waals surface area contributed by atoms with Gasteiger partial charge in [0.1, 0.15) is 0 Å². The van der Waals surface area contributed by atoms with Crippen molar-refractivity contribution < 1.29 is 18.7 Å². The molecule has 0 saturated carbocycles. The minimum atomic E-state index is -0.489. The van der Waals surface area contributed by atoms with Crippen molar-refractivity contribution in [1.29, 1.82) is 0 Å². The van der Waals surface area contributed by atoms with E-state index in [0.717, 1.165) is 18.4 Å². The van der Waals surface area contributed by atoms with Crippen molar-refractivity contribution in [2.75, 3.05) is 13.2 Å². The van der Waals surface area contributed by atoms with E-state index in [1.165, 1.54) is 4.90 Å². The lowest BCUT2D eigenvalue weighted by molar-refractivity contribution is 0.0475. The second-order valence-corrected chi connectivity index (χ2v) is 7.39. The van der Waals surface area contributed by atoms with E-state index in [1.807, 2.05) is 13.0 Å². The topological polar surface area (TPSA) is 89.7 Å². The molecule has 0 aliphatic carbocycles. The third-order valence-electron chi connectivity index (χ3n) is 5.49. The Bertz CT molecular complexity index is 1220. The van der Waals surface area contributed by atoms with E-state index in [4.69, 9.17) is 9.15 Å². The highest BCUT2D eigenvalue weighted by atomic mass is 16.5. The predicted octanol–water partition coefficient (Wildman–Crippen LogP) is 2.94. The zero-order chi connectivity index (χ0) is 20.1. The van der Waals surface area contributed by atoms with Gasteiger partial charge in [0, 0.05) is 12.2 Å². The van der Waals surface area contributed by atoms with Gasteiger partial charge in [-0.2, -0.15) is 0 Å². The van der Waals surface area contributed by atoms with E-state index >= 15 is 0 Å². The van der Waals surface area contributed by atoms with E-state index in [-0.39, 0.29) is 30.4 Å². The average Bonchev–Trinajstić information content (AvgIpc) is 3.32. The summed E-state index contributed by atoms with van der Waals surface area (Å²) in [4.78, 5) is 43.6. The fraction of sp³-hybridized carbons (Fsp3) is 0.273. The van der Waals surface area contributed by atoms with Crippen LogP contribution in [0.25, 0.3) is 22.4 Å². The Kier molecular flexibility index (Phi) is 4.06. The number of fused-ring (bicyclic) bond motifs is 2. The number of aromatic nitrogens is 1. The van der Waals surface area contributed by atoms with Gasteiger partial charge in [0.2, 0.25) is 5.89 Å². The molecule has 29 heavy (non-hydrogen) atoms. The summed E-state index contributed by atoms with van der Waals surface area (Å²) in [6.45, 7) is 2.78. The molecule has 7 nitrogen and oxygen atoms in total. The summed E-state index contributed by atoms with van der Waals surface area (Å²) in [5, 5.41) is 0.406. The SMILES string of the molecule is Cc1cccc2c(=O)oc(-c3ccc4c(c3)C(=O)N(C[C@@H]3CCCO3)C4=O)nc12. The number of ether oxygens (including phenoxy) is 1. The molecular weight excluding hydrogens is 372 g/mol.